The van der Waals surface area contributed by atoms with Crippen molar-refractivity contribution >= 4 is 23.6 Å². The van der Waals surface area contributed by atoms with Gasteiger partial charge in [0.05, 0.1) is 5.75 Å². The van der Waals surface area contributed by atoms with Crippen molar-refractivity contribution in [3.05, 3.63) is 35.4 Å². The number of carboxylic acid groups (broad SMARTS) is 1. The lowest BCUT2D eigenvalue weighted by Gasteiger charge is -2.32. The predicted molar refractivity (Wildman–Crippen MR) is 84.3 cm³/mol. The Kier molecular flexibility index (Phi) is 5.67. The molecule has 1 aromatic rings. The van der Waals surface area contributed by atoms with Gasteiger partial charge >= 0.3 is 5.97 Å². The molecule has 114 valence electrons. The zero-order chi connectivity index (χ0) is 15.2. The van der Waals surface area contributed by atoms with E-state index in [1.165, 1.54) is 16.0 Å². The summed E-state index contributed by atoms with van der Waals surface area (Å²) in [5.41, 5.74) is 2.41. The summed E-state index contributed by atoms with van der Waals surface area (Å²) in [4.78, 5) is 24.9. The number of hydrogen-bond donors (Lipinski definition) is 1. The van der Waals surface area contributed by atoms with Crippen LogP contribution < -0.4 is 0 Å². The van der Waals surface area contributed by atoms with E-state index in [1.54, 1.807) is 11.8 Å². The second-order valence-electron chi connectivity index (χ2n) is 5.42. The van der Waals surface area contributed by atoms with Gasteiger partial charge in [0.1, 0.15) is 6.04 Å². The fourth-order valence-corrected chi connectivity index (χ4v) is 3.38. The highest BCUT2D eigenvalue weighted by atomic mass is 32.2. The molecule has 0 bridgehead atoms. The number of thioether (sulfide) groups is 1. The van der Waals surface area contributed by atoms with Gasteiger partial charge in [0.25, 0.3) is 0 Å². The van der Waals surface area contributed by atoms with Gasteiger partial charge in [0.15, 0.2) is 0 Å². The zero-order valence-electron chi connectivity index (χ0n) is 12.2. The van der Waals surface area contributed by atoms with Crippen LogP contribution in [-0.4, -0.2) is 40.2 Å². The van der Waals surface area contributed by atoms with E-state index in [0.29, 0.717) is 18.7 Å². The molecule has 1 aliphatic rings. The first kappa shape index (κ1) is 15.9. The third-order valence-electron chi connectivity index (χ3n) is 3.72. The molecule has 1 fully saturated rings. The van der Waals surface area contributed by atoms with E-state index in [0.717, 1.165) is 18.6 Å². The summed E-state index contributed by atoms with van der Waals surface area (Å²) in [6.07, 6.45) is 2.36. The molecule has 0 radical (unpaired) electrons. The van der Waals surface area contributed by atoms with Crippen LogP contribution in [-0.2, 0) is 15.3 Å². The lowest BCUT2D eigenvalue weighted by Crippen LogP contribution is -2.48. The van der Waals surface area contributed by atoms with Crippen molar-refractivity contribution in [1.29, 1.82) is 0 Å². The Hall–Kier alpha value is -1.49. The van der Waals surface area contributed by atoms with Gasteiger partial charge < -0.3 is 10.0 Å². The molecule has 5 heteroatoms. The summed E-state index contributed by atoms with van der Waals surface area (Å²) in [5.74, 6) is 0.181. The number of likely N-dealkylation sites (tertiary alicyclic amines) is 1. The van der Waals surface area contributed by atoms with Gasteiger partial charge in [0.2, 0.25) is 5.91 Å². The summed E-state index contributed by atoms with van der Waals surface area (Å²) < 4.78 is 0. The molecule has 1 heterocycles. The van der Waals surface area contributed by atoms with Gasteiger partial charge in [-0.05, 0) is 31.7 Å². The third-order valence-corrected chi connectivity index (χ3v) is 4.71. The topological polar surface area (TPSA) is 57.6 Å². The minimum Gasteiger partial charge on any atom is -0.480 e. The minimum absolute atomic E-state index is 0.0563. The molecule has 0 saturated carbocycles. The fourth-order valence-electron chi connectivity index (χ4n) is 2.51. The normalized spacial score (nSPS) is 18.5. The molecule has 1 saturated heterocycles. The van der Waals surface area contributed by atoms with Crippen molar-refractivity contribution < 1.29 is 14.7 Å². The lowest BCUT2D eigenvalue weighted by atomic mass is 10.0. The SMILES string of the molecule is Cc1ccc(CSCC(=O)N2CCCCC2C(=O)O)cc1. The van der Waals surface area contributed by atoms with Gasteiger partial charge in [0, 0.05) is 12.3 Å². The number of benzene rings is 1. The third kappa shape index (κ3) is 4.49. The van der Waals surface area contributed by atoms with E-state index >= 15 is 0 Å². The number of aryl methyl sites for hydroxylation is 1. The molecule has 1 aromatic carbocycles. The molecule has 1 amide bonds. The van der Waals surface area contributed by atoms with Crippen molar-refractivity contribution in [2.45, 2.75) is 38.0 Å². The summed E-state index contributed by atoms with van der Waals surface area (Å²) in [6, 6.07) is 7.61. The number of nitrogens with zero attached hydrogens (tertiary/aromatic N) is 1. The first-order valence-corrected chi connectivity index (χ1v) is 8.39. The summed E-state index contributed by atoms with van der Waals surface area (Å²) in [6.45, 7) is 2.61. The van der Waals surface area contributed by atoms with E-state index in [1.807, 2.05) is 6.92 Å². The first-order valence-electron chi connectivity index (χ1n) is 7.23. The molecule has 1 N–H and O–H groups in total. The van der Waals surface area contributed by atoms with Crippen LogP contribution in [0.4, 0.5) is 0 Å². The summed E-state index contributed by atoms with van der Waals surface area (Å²) in [5, 5.41) is 9.19. The Balaban J connectivity index is 1.83. The first-order chi connectivity index (χ1) is 10.1. The number of carbonyl (C=O) groups is 2. The Morgan fingerprint density at radius 2 is 2.00 bits per heavy atom. The van der Waals surface area contributed by atoms with Crippen molar-refractivity contribution in [2.75, 3.05) is 12.3 Å². The van der Waals surface area contributed by atoms with Crippen molar-refractivity contribution in [3.8, 4) is 0 Å². The second-order valence-corrected chi connectivity index (χ2v) is 6.40. The van der Waals surface area contributed by atoms with Crippen LogP contribution in [0.2, 0.25) is 0 Å². The largest absolute Gasteiger partial charge is 0.480 e. The van der Waals surface area contributed by atoms with Gasteiger partial charge in [-0.15, -0.1) is 11.8 Å². The van der Waals surface area contributed by atoms with Crippen LogP contribution in [0.15, 0.2) is 24.3 Å². The van der Waals surface area contributed by atoms with E-state index in [-0.39, 0.29) is 5.91 Å². The van der Waals surface area contributed by atoms with Crippen LogP contribution in [0, 0.1) is 6.92 Å². The van der Waals surface area contributed by atoms with E-state index < -0.39 is 12.0 Å². The molecule has 21 heavy (non-hydrogen) atoms. The molecule has 1 aliphatic heterocycles. The molecule has 2 rings (SSSR count). The summed E-state index contributed by atoms with van der Waals surface area (Å²) >= 11 is 1.54. The molecule has 4 nitrogen and oxygen atoms in total. The van der Waals surface area contributed by atoms with Gasteiger partial charge in [-0.2, -0.15) is 0 Å². The number of aliphatic carboxylic acids is 1. The maximum atomic E-state index is 12.2. The van der Waals surface area contributed by atoms with Crippen LogP contribution in [0.5, 0.6) is 0 Å². The van der Waals surface area contributed by atoms with Gasteiger partial charge in [-0.3, -0.25) is 4.79 Å². The molecule has 0 aliphatic carbocycles. The van der Waals surface area contributed by atoms with Crippen molar-refractivity contribution in [1.82, 2.24) is 4.90 Å². The average Bonchev–Trinajstić information content (AvgIpc) is 2.49. The Morgan fingerprint density at radius 3 is 2.67 bits per heavy atom. The Labute approximate surface area is 129 Å². The fraction of sp³-hybridized carbons (Fsp3) is 0.500. The number of carbonyl (C=O) groups excluding carboxylic acids is 1. The predicted octanol–water partition coefficient (Wildman–Crippen LogP) is 2.69. The molecule has 1 unspecified atom stereocenters. The minimum atomic E-state index is -0.883. The summed E-state index contributed by atoms with van der Waals surface area (Å²) in [7, 11) is 0. The highest BCUT2D eigenvalue weighted by molar-refractivity contribution is 7.99. The second kappa shape index (κ2) is 7.50. The zero-order valence-corrected chi connectivity index (χ0v) is 13.1. The number of hydrogen-bond acceptors (Lipinski definition) is 3. The quantitative estimate of drug-likeness (QED) is 0.908. The number of amides is 1. The van der Waals surface area contributed by atoms with Crippen LogP contribution in [0.1, 0.15) is 30.4 Å². The Bertz CT molecular complexity index is 501. The number of piperidine rings is 1. The number of rotatable bonds is 5. The van der Waals surface area contributed by atoms with Crippen molar-refractivity contribution in [3.63, 3.8) is 0 Å². The standard InChI is InChI=1S/C16H21NO3S/c1-12-5-7-13(8-6-12)10-21-11-15(18)17-9-3-2-4-14(17)16(19)20/h5-8,14H,2-4,9-11H2,1H3,(H,19,20). The van der Waals surface area contributed by atoms with Crippen LogP contribution in [0.3, 0.4) is 0 Å². The Morgan fingerprint density at radius 1 is 1.29 bits per heavy atom. The highest BCUT2D eigenvalue weighted by Crippen LogP contribution is 2.20. The van der Waals surface area contributed by atoms with Crippen LogP contribution >= 0.6 is 11.8 Å². The smallest absolute Gasteiger partial charge is 0.326 e. The van der Waals surface area contributed by atoms with Crippen LogP contribution in [0.25, 0.3) is 0 Å². The van der Waals surface area contributed by atoms with E-state index in [4.69, 9.17) is 0 Å². The number of carboxylic acids is 1. The lowest BCUT2D eigenvalue weighted by molar-refractivity contribution is -0.150. The monoisotopic (exact) mass is 307 g/mol. The molecule has 0 spiro atoms. The highest BCUT2D eigenvalue weighted by Gasteiger charge is 2.31. The van der Waals surface area contributed by atoms with Gasteiger partial charge in [-0.1, -0.05) is 29.8 Å². The van der Waals surface area contributed by atoms with E-state index in [9.17, 15) is 14.7 Å². The average molecular weight is 307 g/mol. The van der Waals surface area contributed by atoms with E-state index in [2.05, 4.69) is 24.3 Å². The maximum absolute atomic E-state index is 12.2. The molecular weight excluding hydrogens is 286 g/mol. The maximum Gasteiger partial charge on any atom is 0.326 e. The molecule has 0 aromatic heterocycles. The molecule has 1 atom stereocenters. The molecular formula is C16H21NO3S. The van der Waals surface area contributed by atoms with Crippen molar-refractivity contribution in [2.24, 2.45) is 0 Å². The van der Waals surface area contributed by atoms with Gasteiger partial charge in [-0.25, -0.2) is 4.79 Å².